The van der Waals surface area contributed by atoms with Gasteiger partial charge in [0.05, 0.1) is 23.9 Å². The number of carbonyl (C=O) groups excluding carboxylic acids is 1. The van der Waals surface area contributed by atoms with Gasteiger partial charge in [0.25, 0.3) is 5.91 Å². The summed E-state index contributed by atoms with van der Waals surface area (Å²) < 4.78 is 11.6. The maximum absolute atomic E-state index is 12.6. The molecule has 1 amide bonds. The van der Waals surface area contributed by atoms with E-state index in [0.29, 0.717) is 6.54 Å². The van der Waals surface area contributed by atoms with Gasteiger partial charge >= 0.3 is 0 Å². The number of likely N-dealkylation sites (tertiary alicyclic amines) is 1. The van der Waals surface area contributed by atoms with Crippen molar-refractivity contribution in [2.45, 2.75) is 37.9 Å². The summed E-state index contributed by atoms with van der Waals surface area (Å²) in [5.74, 6) is 0.0782. The van der Waals surface area contributed by atoms with Crippen LogP contribution >= 0.6 is 11.3 Å². The SMILES string of the molecule is CO[C@H]1CCN(C(=O)c2scnc2C)C[C@@]12CCCO2. The molecule has 0 N–H and O–H groups in total. The number of carbonyl (C=O) groups is 1. The first-order chi connectivity index (χ1) is 9.66. The van der Waals surface area contributed by atoms with Crippen LogP contribution in [-0.2, 0) is 9.47 Å². The molecule has 1 spiro atoms. The van der Waals surface area contributed by atoms with Gasteiger partial charge in [0.2, 0.25) is 0 Å². The van der Waals surface area contributed by atoms with Crippen molar-refractivity contribution in [2.24, 2.45) is 0 Å². The maximum atomic E-state index is 12.6. The number of amides is 1. The second-order valence-electron chi connectivity index (χ2n) is 5.52. The lowest BCUT2D eigenvalue weighted by Gasteiger charge is -2.44. The fraction of sp³-hybridized carbons (Fsp3) is 0.714. The number of ether oxygens (including phenoxy) is 2. The van der Waals surface area contributed by atoms with Gasteiger partial charge in [-0.1, -0.05) is 0 Å². The molecule has 2 aliphatic rings. The summed E-state index contributed by atoms with van der Waals surface area (Å²) in [7, 11) is 1.74. The minimum atomic E-state index is -0.304. The number of hydrogen-bond donors (Lipinski definition) is 0. The van der Waals surface area contributed by atoms with Crippen molar-refractivity contribution in [1.29, 1.82) is 0 Å². The summed E-state index contributed by atoms with van der Waals surface area (Å²) in [5.41, 5.74) is 2.24. The largest absolute Gasteiger partial charge is 0.378 e. The fourth-order valence-corrected chi connectivity index (χ4v) is 4.06. The minimum absolute atomic E-state index is 0.0782. The summed E-state index contributed by atoms with van der Waals surface area (Å²) in [6.45, 7) is 4.00. The highest BCUT2D eigenvalue weighted by Gasteiger charge is 2.48. The van der Waals surface area contributed by atoms with Crippen molar-refractivity contribution in [3.8, 4) is 0 Å². The Labute approximate surface area is 122 Å². The van der Waals surface area contributed by atoms with Gasteiger partial charge in [-0.15, -0.1) is 11.3 Å². The summed E-state index contributed by atoms with van der Waals surface area (Å²) >= 11 is 1.41. The first-order valence-electron chi connectivity index (χ1n) is 7.02. The first kappa shape index (κ1) is 14.0. The van der Waals surface area contributed by atoms with Crippen molar-refractivity contribution in [3.63, 3.8) is 0 Å². The number of thiazole rings is 1. The molecule has 110 valence electrons. The molecule has 0 aliphatic carbocycles. The maximum Gasteiger partial charge on any atom is 0.265 e. The molecule has 2 aliphatic heterocycles. The van der Waals surface area contributed by atoms with Crippen molar-refractivity contribution in [3.05, 3.63) is 16.1 Å². The van der Waals surface area contributed by atoms with Crippen LogP contribution < -0.4 is 0 Å². The third kappa shape index (κ3) is 2.25. The molecular weight excluding hydrogens is 276 g/mol. The number of rotatable bonds is 2. The van der Waals surface area contributed by atoms with E-state index < -0.39 is 0 Å². The van der Waals surface area contributed by atoms with Crippen LogP contribution in [0.2, 0.25) is 0 Å². The number of aromatic nitrogens is 1. The van der Waals surface area contributed by atoms with Crippen LogP contribution in [0.3, 0.4) is 0 Å². The van der Waals surface area contributed by atoms with Gasteiger partial charge < -0.3 is 14.4 Å². The van der Waals surface area contributed by atoms with Gasteiger partial charge in [0.1, 0.15) is 10.5 Å². The minimum Gasteiger partial charge on any atom is -0.378 e. The average Bonchev–Trinajstić information content (AvgIpc) is 3.08. The number of hydrogen-bond acceptors (Lipinski definition) is 5. The van der Waals surface area contributed by atoms with Crippen molar-refractivity contribution in [2.75, 3.05) is 26.8 Å². The van der Waals surface area contributed by atoms with Crippen LogP contribution in [0.1, 0.15) is 34.6 Å². The standard InChI is InChI=1S/C14H20N2O3S/c1-10-12(20-9-15-10)13(17)16-6-4-11(18-2)14(8-16)5-3-7-19-14/h9,11H,3-8H2,1-2H3/t11-,14-/m0/s1. The zero-order valence-electron chi connectivity index (χ0n) is 11.9. The second-order valence-corrected chi connectivity index (χ2v) is 6.38. The zero-order valence-corrected chi connectivity index (χ0v) is 12.7. The number of methoxy groups -OCH3 is 1. The summed E-state index contributed by atoms with van der Waals surface area (Å²) in [6.07, 6.45) is 2.94. The predicted octanol–water partition coefficient (Wildman–Crippen LogP) is 1.86. The monoisotopic (exact) mass is 296 g/mol. The molecule has 6 heteroatoms. The fourth-order valence-electron chi connectivity index (χ4n) is 3.29. The van der Waals surface area contributed by atoms with Crippen molar-refractivity contribution < 1.29 is 14.3 Å². The summed E-state index contributed by atoms with van der Waals surface area (Å²) in [6, 6.07) is 0. The predicted molar refractivity (Wildman–Crippen MR) is 76.1 cm³/mol. The lowest BCUT2D eigenvalue weighted by molar-refractivity contribution is -0.137. The Morgan fingerprint density at radius 3 is 3.10 bits per heavy atom. The molecule has 1 aromatic heterocycles. The van der Waals surface area contributed by atoms with E-state index in [1.807, 2.05) is 11.8 Å². The highest BCUT2D eigenvalue weighted by molar-refractivity contribution is 7.11. The van der Waals surface area contributed by atoms with Gasteiger partial charge in [0, 0.05) is 20.3 Å². The van der Waals surface area contributed by atoms with Crippen LogP contribution in [0.4, 0.5) is 0 Å². The van der Waals surface area contributed by atoms with Gasteiger partial charge in [-0.25, -0.2) is 4.98 Å². The molecule has 0 unspecified atom stereocenters. The molecule has 2 atom stereocenters. The Balaban J connectivity index is 1.79. The van der Waals surface area contributed by atoms with E-state index in [-0.39, 0.29) is 17.6 Å². The van der Waals surface area contributed by atoms with Crippen LogP contribution in [0.5, 0.6) is 0 Å². The summed E-state index contributed by atoms with van der Waals surface area (Å²) in [5, 5.41) is 0. The number of nitrogens with zero attached hydrogens (tertiary/aromatic N) is 2. The van der Waals surface area contributed by atoms with Crippen LogP contribution in [-0.4, -0.2) is 54.3 Å². The molecule has 3 heterocycles. The van der Waals surface area contributed by atoms with Crippen LogP contribution in [0.15, 0.2) is 5.51 Å². The zero-order chi connectivity index (χ0) is 14.2. The van der Waals surface area contributed by atoms with E-state index in [1.165, 1.54) is 11.3 Å². The Morgan fingerprint density at radius 2 is 2.50 bits per heavy atom. The molecule has 2 fully saturated rings. The van der Waals surface area contributed by atoms with Crippen molar-refractivity contribution >= 4 is 17.2 Å². The molecule has 3 rings (SSSR count). The van der Waals surface area contributed by atoms with E-state index in [1.54, 1.807) is 12.6 Å². The quantitative estimate of drug-likeness (QED) is 0.836. The van der Waals surface area contributed by atoms with Crippen LogP contribution in [0.25, 0.3) is 0 Å². The Bertz CT molecular complexity index is 496. The topological polar surface area (TPSA) is 51.7 Å². The van der Waals surface area contributed by atoms with E-state index in [4.69, 9.17) is 9.47 Å². The van der Waals surface area contributed by atoms with Gasteiger partial charge in [-0.2, -0.15) is 0 Å². The molecule has 5 nitrogen and oxygen atoms in total. The Kier molecular flexibility index (Phi) is 3.79. The van der Waals surface area contributed by atoms with E-state index in [9.17, 15) is 4.79 Å². The first-order valence-corrected chi connectivity index (χ1v) is 7.90. The molecule has 0 radical (unpaired) electrons. The lowest BCUT2D eigenvalue weighted by atomic mass is 9.86. The van der Waals surface area contributed by atoms with Crippen molar-refractivity contribution in [1.82, 2.24) is 9.88 Å². The molecule has 2 saturated heterocycles. The third-order valence-corrected chi connectivity index (χ3v) is 5.27. The van der Waals surface area contributed by atoms with Crippen LogP contribution in [0, 0.1) is 6.92 Å². The lowest BCUT2D eigenvalue weighted by Crippen LogP contribution is -2.58. The molecule has 20 heavy (non-hydrogen) atoms. The van der Waals surface area contributed by atoms with E-state index in [2.05, 4.69) is 4.98 Å². The normalized spacial score (nSPS) is 30.1. The molecule has 1 aromatic rings. The number of aryl methyl sites for hydroxylation is 1. The van der Waals surface area contributed by atoms with E-state index in [0.717, 1.165) is 43.0 Å². The molecule has 0 bridgehead atoms. The third-order valence-electron chi connectivity index (χ3n) is 4.35. The molecule has 0 aromatic carbocycles. The van der Waals surface area contributed by atoms with Gasteiger partial charge in [-0.05, 0) is 26.2 Å². The van der Waals surface area contributed by atoms with Gasteiger partial charge in [0.15, 0.2) is 0 Å². The highest BCUT2D eigenvalue weighted by atomic mass is 32.1. The molecule has 0 saturated carbocycles. The van der Waals surface area contributed by atoms with Gasteiger partial charge in [-0.3, -0.25) is 4.79 Å². The summed E-state index contributed by atoms with van der Waals surface area (Å²) in [4.78, 5) is 19.4. The number of piperidine rings is 1. The highest BCUT2D eigenvalue weighted by Crippen LogP contribution is 2.37. The smallest absolute Gasteiger partial charge is 0.265 e. The second kappa shape index (κ2) is 5.42. The average molecular weight is 296 g/mol. The Hall–Kier alpha value is -0.980. The van der Waals surface area contributed by atoms with E-state index >= 15 is 0 Å². The molecular formula is C14H20N2O3S. The Morgan fingerprint density at radius 1 is 1.65 bits per heavy atom.